The van der Waals surface area contributed by atoms with Crippen molar-refractivity contribution in [3.05, 3.63) is 59.0 Å². The van der Waals surface area contributed by atoms with Crippen LogP contribution in [-0.4, -0.2) is 52.9 Å². The second kappa shape index (κ2) is 8.83. The molecule has 0 bridgehead atoms. The summed E-state index contributed by atoms with van der Waals surface area (Å²) in [5, 5.41) is 11.2. The minimum Gasteiger partial charge on any atom is -0.355 e. The van der Waals surface area contributed by atoms with Gasteiger partial charge in [-0.3, -0.25) is 9.20 Å². The van der Waals surface area contributed by atoms with Crippen LogP contribution in [0, 0.1) is 5.92 Å². The molecule has 10 heteroatoms. The minimum absolute atomic E-state index is 0.125. The molecule has 158 valence electrons. The summed E-state index contributed by atoms with van der Waals surface area (Å²) in [7, 11) is -3.61. The first-order chi connectivity index (χ1) is 14.4. The smallest absolute Gasteiger partial charge is 0.243 e. The third-order valence-electron chi connectivity index (χ3n) is 5.24. The second-order valence-electron chi connectivity index (χ2n) is 7.24. The van der Waals surface area contributed by atoms with E-state index in [1.54, 1.807) is 24.3 Å². The van der Waals surface area contributed by atoms with Crippen molar-refractivity contribution < 1.29 is 13.2 Å². The Morgan fingerprint density at radius 2 is 1.97 bits per heavy atom. The molecule has 3 heterocycles. The number of pyridine rings is 1. The lowest BCUT2D eigenvalue weighted by atomic mass is 9.99. The van der Waals surface area contributed by atoms with E-state index in [2.05, 4.69) is 31.4 Å². The van der Waals surface area contributed by atoms with Gasteiger partial charge in [-0.1, -0.05) is 22.0 Å². The molecular weight excluding hydrogens is 470 g/mol. The quantitative estimate of drug-likeness (QED) is 0.570. The molecule has 2 aromatic heterocycles. The van der Waals surface area contributed by atoms with Crippen LogP contribution in [-0.2, 0) is 21.2 Å². The van der Waals surface area contributed by atoms with Gasteiger partial charge in [-0.15, -0.1) is 10.2 Å². The Balaban J connectivity index is 1.36. The van der Waals surface area contributed by atoms with Gasteiger partial charge in [-0.05, 0) is 49.2 Å². The number of nitrogens with one attached hydrogen (secondary N) is 1. The van der Waals surface area contributed by atoms with Gasteiger partial charge in [-0.25, -0.2) is 8.42 Å². The zero-order valence-corrected chi connectivity index (χ0v) is 18.6. The van der Waals surface area contributed by atoms with Crippen molar-refractivity contribution >= 4 is 37.5 Å². The first-order valence-electron chi connectivity index (χ1n) is 9.77. The standard InChI is InChI=1S/C20H22BrN5O3S/c21-16-6-8-17(9-7-16)30(28,29)25-12-3-4-15(14-25)20(27)22-11-10-19-24-23-18-5-1-2-13-26(18)19/h1-2,5-9,13,15H,3-4,10-12,14H2,(H,22,27). The van der Waals surface area contributed by atoms with Gasteiger partial charge in [0.15, 0.2) is 5.65 Å². The van der Waals surface area contributed by atoms with Crippen LogP contribution in [0.5, 0.6) is 0 Å². The fourth-order valence-corrected chi connectivity index (χ4v) is 5.42. The van der Waals surface area contributed by atoms with Crippen LogP contribution in [0.3, 0.4) is 0 Å². The molecule has 30 heavy (non-hydrogen) atoms. The highest BCUT2D eigenvalue weighted by atomic mass is 79.9. The highest BCUT2D eigenvalue weighted by Gasteiger charge is 2.33. The number of hydrogen-bond acceptors (Lipinski definition) is 5. The summed E-state index contributed by atoms with van der Waals surface area (Å²) < 4.78 is 30.0. The molecule has 1 saturated heterocycles. The normalized spacial score (nSPS) is 17.8. The third kappa shape index (κ3) is 4.40. The van der Waals surface area contributed by atoms with E-state index in [0.29, 0.717) is 32.4 Å². The maximum atomic E-state index is 12.9. The van der Waals surface area contributed by atoms with E-state index in [9.17, 15) is 13.2 Å². The Bertz CT molecular complexity index is 1150. The molecule has 1 fully saturated rings. The van der Waals surface area contributed by atoms with Gasteiger partial charge in [0.1, 0.15) is 5.82 Å². The molecule has 1 amide bonds. The second-order valence-corrected chi connectivity index (χ2v) is 10.1. The van der Waals surface area contributed by atoms with Crippen molar-refractivity contribution in [2.24, 2.45) is 5.92 Å². The first kappa shape index (κ1) is 21.0. The fourth-order valence-electron chi connectivity index (χ4n) is 3.63. The number of benzene rings is 1. The maximum absolute atomic E-state index is 12.9. The number of piperidine rings is 1. The number of carbonyl (C=O) groups excluding carboxylic acids is 1. The molecule has 0 spiro atoms. The Morgan fingerprint density at radius 1 is 1.17 bits per heavy atom. The third-order valence-corrected chi connectivity index (χ3v) is 7.65. The highest BCUT2D eigenvalue weighted by molar-refractivity contribution is 9.10. The summed E-state index contributed by atoms with van der Waals surface area (Å²) in [5.41, 5.74) is 0.764. The SMILES string of the molecule is O=C(NCCc1nnc2ccccn12)C1CCCN(S(=O)(=O)c2ccc(Br)cc2)C1. The van der Waals surface area contributed by atoms with Gasteiger partial charge >= 0.3 is 0 Å². The number of halogens is 1. The number of fused-ring (bicyclic) bond motifs is 1. The van der Waals surface area contributed by atoms with Gasteiger partial charge in [0.05, 0.1) is 10.8 Å². The molecule has 1 unspecified atom stereocenters. The van der Waals surface area contributed by atoms with Crippen molar-refractivity contribution in [3.8, 4) is 0 Å². The molecule has 0 saturated carbocycles. The number of aromatic nitrogens is 3. The van der Waals surface area contributed by atoms with Gasteiger partial charge in [-0.2, -0.15) is 4.31 Å². The Labute approximate surface area is 183 Å². The van der Waals surface area contributed by atoms with Crippen LogP contribution in [0.4, 0.5) is 0 Å². The van der Waals surface area contributed by atoms with Crippen LogP contribution in [0.15, 0.2) is 58.0 Å². The van der Waals surface area contributed by atoms with Gasteiger partial charge < -0.3 is 5.32 Å². The molecule has 8 nitrogen and oxygen atoms in total. The van der Waals surface area contributed by atoms with Crippen molar-refractivity contribution in [1.29, 1.82) is 0 Å². The van der Waals surface area contributed by atoms with E-state index in [1.807, 2.05) is 28.8 Å². The lowest BCUT2D eigenvalue weighted by Gasteiger charge is -2.31. The average Bonchev–Trinajstić information content (AvgIpc) is 3.17. The first-order valence-corrected chi connectivity index (χ1v) is 12.0. The number of carbonyl (C=O) groups is 1. The summed E-state index contributed by atoms with van der Waals surface area (Å²) in [6.07, 6.45) is 3.76. The van der Waals surface area contributed by atoms with Crippen LogP contribution >= 0.6 is 15.9 Å². The van der Waals surface area contributed by atoms with Crippen molar-refractivity contribution in [3.63, 3.8) is 0 Å². The molecular formula is C20H22BrN5O3S. The van der Waals surface area contributed by atoms with E-state index >= 15 is 0 Å². The number of amides is 1. The molecule has 1 atom stereocenters. The molecule has 3 aromatic rings. The molecule has 1 aromatic carbocycles. The Morgan fingerprint density at radius 3 is 2.77 bits per heavy atom. The highest BCUT2D eigenvalue weighted by Crippen LogP contribution is 2.25. The number of rotatable bonds is 6. The summed E-state index contributed by atoms with van der Waals surface area (Å²) in [5.74, 6) is 0.285. The van der Waals surface area contributed by atoms with Crippen molar-refractivity contribution in [2.45, 2.75) is 24.2 Å². The van der Waals surface area contributed by atoms with E-state index < -0.39 is 10.0 Å². The predicted octanol–water partition coefficient (Wildman–Crippen LogP) is 2.25. The molecule has 0 aliphatic carbocycles. The van der Waals surface area contributed by atoms with E-state index in [0.717, 1.165) is 15.9 Å². The average molecular weight is 492 g/mol. The number of nitrogens with zero attached hydrogens (tertiary/aromatic N) is 4. The van der Waals surface area contributed by atoms with E-state index in [4.69, 9.17) is 0 Å². The number of hydrogen-bond donors (Lipinski definition) is 1. The monoisotopic (exact) mass is 491 g/mol. The van der Waals surface area contributed by atoms with Crippen LogP contribution < -0.4 is 5.32 Å². The van der Waals surface area contributed by atoms with Crippen molar-refractivity contribution in [1.82, 2.24) is 24.2 Å². The maximum Gasteiger partial charge on any atom is 0.243 e. The molecule has 0 radical (unpaired) electrons. The lowest BCUT2D eigenvalue weighted by molar-refractivity contribution is -0.126. The van der Waals surface area contributed by atoms with E-state index in [1.165, 1.54) is 4.31 Å². The number of sulfonamides is 1. The Kier molecular flexibility index (Phi) is 6.16. The van der Waals surface area contributed by atoms with Crippen LogP contribution in [0.1, 0.15) is 18.7 Å². The topological polar surface area (TPSA) is 96.7 Å². The summed E-state index contributed by atoms with van der Waals surface area (Å²) in [6.45, 7) is 1.04. The largest absolute Gasteiger partial charge is 0.355 e. The lowest BCUT2D eigenvalue weighted by Crippen LogP contribution is -2.45. The van der Waals surface area contributed by atoms with Crippen molar-refractivity contribution in [2.75, 3.05) is 19.6 Å². The summed E-state index contributed by atoms with van der Waals surface area (Å²) in [4.78, 5) is 12.9. The molecule has 4 rings (SSSR count). The van der Waals surface area contributed by atoms with E-state index in [-0.39, 0.29) is 23.3 Å². The Hall–Kier alpha value is -2.30. The molecule has 1 aliphatic rings. The zero-order valence-electron chi connectivity index (χ0n) is 16.2. The van der Waals surface area contributed by atoms with Gasteiger partial charge in [0.2, 0.25) is 15.9 Å². The van der Waals surface area contributed by atoms with Crippen LogP contribution in [0.25, 0.3) is 5.65 Å². The van der Waals surface area contributed by atoms with Crippen LogP contribution in [0.2, 0.25) is 0 Å². The zero-order chi connectivity index (χ0) is 21.1. The fraction of sp³-hybridized carbons (Fsp3) is 0.350. The molecule has 1 aliphatic heterocycles. The summed E-state index contributed by atoms with van der Waals surface area (Å²) >= 11 is 3.32. The van der Waals surface area contributed by atoms with Gasteiger partial charge in [0.25, 0.3) is 0 Å². The summed E-state index contributed by atoms with van der Waals surface area (Å²) in [6, 6.07) is 12.2. The minimum atomic E-state index is -3.61. The predicted molar refractivity (Wildman–Crippen MR) is 115 cm³/mol. The van der Waals surface area contributed by atoms with Gasteiger partial charge in [0, 0.05) is 36.7 Å². The molecule has 1 N–H and O–H groups in total.